The molecule has 0 aromatic carbocycles. The second-order valence-electron chi connectivity index (χ2n) is 7.59. The van der Waals surface area contributed by atoms with Crippen molar-refractivity contribution in [2.45, 2.75) is 45.2 Å². The summed E-state index contributed by atoms with van der Waals surface area (Å²) < 4.78 is 2.75. The van der Waals surface area contributed by atoms with Crippen LogP contribution in [0.4, 0.5) is 4.79 Å². The van der Waals surface area contributed by atoms with Crippen LogP contribution in [0.15, 0.2) is 16.6 Å². The zero-order valence-electron chi connectivity index (χ0n) is 16.0. The number of aromatic nitrogens is 4. The number of hydrogen-bond acceptors (Lipinski definition) is 4. The number of hydrogen-bond donors (Lipinski definition) is 0. The number of carbonyl (C=O) groups is 1. The Bertz CT molecular complexity index is 862. The van der Waals surface area contributed by atoms with Crippen LogP contribution in [0.1, 0.15) is 37.6 Å². The Kier molecular flexibility index (Phi) is 4.92. The van der Waals surface area contributed by atoms with E-state index in [-0.39, 0.29) is 6.03 Å². The van der Waals surface area contributed by atoms with Crippen LogP contribution in [0.5, 0.6) is 0 Å². The standard InChI is InChI=1S/C19H25BrN6O/c1-4-15-14(20)7-8-16(21-15)18-17(25(3)23-22-18)11-26-10-13(9-12-5-6-12)24(2)19(26)27/h7-8,12-13H,4-6,9-11H2,1-3H3/t13-/m0/s1. The van der Waals surface area contributed by atoms with Gasteiger partial charge in [0.1, 0.15) is 5.69 Å². The molecule has 144 valence electrons. The van der Waals surface area contributed by atoms with Crippen molar-refractivity contribution in [3.8, 4) is 11.4 Å². The Hall–Kier alpha value is -1.96. The maximum atomic E-state index is 12.7. The number of amides is 2. The number of rotatable bonds is 6. The van der Waals surface area contributed by atoms with Crippen molar-refractivity contribution in [1.29, 1.82) is 0 Å². The lowest BCUT2D eigenvalue weighted by Gasteiger charge is -2.17. The molecule has 0 radical (unpaired) electrons. The molecule has 27 heavy (non-hydrogen) atoms. The van der Waals surface area contributed by atoms with Gasteiger partial charge in [0.15, 0.2) is 0 Å². The van der Waals surface area contributed by atoms with Gasteiger partial charge >= 0.3 is 6.03 Å². The Morgan fingerprint density at radius 1 is 1.26 bits per heavy atom. The normalized spacial score (nSPS) is 20.0. The second kappa shape index (κ2) is 7.22. The minimum absolute atomic E-state index is 0.0887. The summed E-state index contributed by atoms with van der Waals surface area (Å²) in [6, 6.07) is 4.35. The topological polar surface area (TPSA) is 67.2 Å². The van der Waals surface area contributed by atoms with Gasteiger partial charge in [-0.1, -0.05) is 25.0 Å². The summed E-state index contributed by atoms with van der Waals surface area (Å²) in [5.74, 6) is 0.804. The predicted octanol–water partition coefficient (Wildman–Crippen LogP) is 3.24. The highest BCUT2D eigenvalue weighted by atomic mass is 79.9. The maximum absolute atomic E-state index is 12.7. The lowest BCUT2D eigenvalue weighted by molar-refractivity contribution is 0.192. The van der Waals surface area contributed by atoms with E-state index in [0.717, 1.165) is 52.6 Å². The molecule has 0 spiro atoms. The molecule has 4 rings (SSSR count). The highest BCUT2D eigenvalue weighted by Gasteiger charge is 2.38. The minimum atomic E-state index is 0.0887. The number of halogens is 1. The van der Waals surface area contributed by atoms with Gasteiger partial charge in [0.05, 0.1) is 29.7 Å². The summed E-state index contributed by atoms with van der Waals surface area (Å²) in [4.78, 5) is 21.3. The van der Waals surface area contributed by atoms with Gasteiger partial charge < -0.3 is 9.80 Å². The first-order valence-electron chi connectivity index (χ1n) is 9.54. The van der Waals surface area contributed by atoms with Gasteiger partial charge in [0, 0.05) is 25.1 Å². The molecule has 2 fully saturated rings. The Morgan fingerprint density at radius 2 is 2.04 bits per heavy atom. The number of likely N-dealkylation sites (N-methyl/N-ethyl adjacent to an activating group) is 1. The number of carbonyl (C=O) groups excluding carboxylic acids is 1. The highest BCUT2D eigenvalue weighted by molar-refractivity contribution is 9.10. The fraction of sp³-hybridized carbons (Fsp3) is 0.579. The molecule has 0 unspecified atom stereocenters. The molecule has 1 aliphatic heterocycles. The molecule has 7 nitrogen and oxygen atoms in total. The van der Waals surface area contributed by atoms with E-state index < -0.39 is 0 Å². The van der Waals surface area contributed by atoms with Crippen molar-refractivity contribution in [2.75, 3.05) is 13.6 Å². The summed E-state index contributed by atoms with van der Waals surface area (Å²) >= 11 is 3.54. The third-order valence-corrected chi connectivity index (χ3v) is 6.36. The first-order valence-corrected chi connectivity index (χ1v) is 10.3. The van der Waals surface area contributed by atoms with Gasteiger partial charge in [0.25, 0.3) is 0 Å². The predicted molar refractivity (Wildman–Crippen MR) is 106 cm³/mol. The Balaban J connectivity index is 1.58. The minimum Gasteiger partial charge on any atom is -0.323 e. The van der Waals surface area contributed by atoms with E-state index in [1.807, 2.05) is 36.0 Å². The van der Waals surface area contributed by atoms with Crippen LogP contribution in [-0.2, 0) is 20.0 Å². The van der Waals surface area contributed by atoms with Crippen LogP contribution in [0.2, 0.25) is 0 Å². The van der Waals surface area contributed by atoms with Crippen LogP contribution in [0, 0.1) is 5.92 Å². The van der Waals surface area contributed by atoms with Gasteiger partial charge in [-0.05, 0) is 46.8 Å². The van der Waals surface area contributed by atoms with Crippen molar-refractivity contribution in [3.05, 3.63) is 28.0 Å². The van der Waals surface area contributed by atoms with E-state index >= 15 is 0 Å². The van der Waals surface area contributed by atoms with E-state index in [4.69, 9.17) is 4.98 Å². The quantitative estimate of drug-likeness (QED) is 0.702. The van der Waals surface area contributed by atoms with Crippen LogP contribution in [0.25, 0.3) is 11.4 Å². The van der Waals surface area contributed by atoms with E-state index in [9.17, 15) is 4.79 Å². The molecule has 1 aliphatic carbocycles. The SMILES string of the molecule is CCc1nc(-c2nnn(C)c2CN2C[C@H](CC3CC3)N(C)C2=O)ccc1Br. The molecule has 2 amide bonds. The summed E-state index contributed by atoms with van der Waals surface area (Å²) in [6.45, 7) is 3.35. The van der Waals surface area contributed by atoms with Crippen LogP contribution >= 0.6 is 15.9 Å². The van der Waals surface area contributed by atoms with Gasteiger partial charge in [-0.15, -0.1) is 5.10 Å². The summed E-state index contributed by atoms with van der Waals surface area (Å²) in [7, 11) is 3.79. The van der Waals surface area contributed by atoms with Crippen molar-refractivity contribution in [2.24, 2.45) is 13.0 Å². The summed E-state index contributed by atoms with van der Waals surface area (Å²) in [5, 5.41) is 8.54. The van der Waals surface area contributed by atoms with Crippen molar-refractivity contribution in [3.63, 3.8) is 0 Å². The molecule has 2 aromatic rings. The number of aryl methyl sites for hydroxylation is 2. The van der Waals surface area contributed by atoms with E-state index in [2.05, 4.69) is 33.2 Å². The molecule has 2 aromatic heterocycles. The number of pyridine rings is 1. The van der Waals surface area contributed by atoms with Crippen LogP contribution in [0.3, 0.4) is 0 Å². The zero-order chi connectivity index (χ0) is 19.1. The number of urea groups is 1. The molecule has 8 heteroatoms. The number of nitrogens with zero attached hydrogens (tertiary/aromatic N) is 6. The van der Waals surface area contributed by atoms with E-state index in [0.29, 0.717) is 12.6 Å². The highest BCUT2D eigenvalue weighted by Crippen LogP contribution is 2.36. The van der Waals surface area contributed by atoms with Gasteiger partial charge in [-0.3, -0.25) is 0 Å². The molecule has 1 atom stereocenters. The average Bonchev–Trinajstić information content (AvgIpc) is 3.36. The maximum Gasteiger partial charge on any atom is 0.320 e. The largest absolute Gasteiger partial charge is 0.323 e. The smallest absolute Gasteiger partial charge is 0.320 e. The Morgan fingerprint density at radius 3 is 2.74 bits per heavy atom. The molecule has 0 N–H and O–H groups in total. The fourth-order valence-electron chi connectivity index (χ4n) is 3.74. The van der Waals surface area contributed by atoms with Crippen molar-refractivity contribution in [1.82, 2.24) is 29.8 Å². The summed E-state index contributed by atoms with van der Waals surface area (Å²) in [5.41, 5.74) is 3.46. The average molecular weight is 433 g/mol. The van der Waals surface area contributed by atoms with Crippen molar-refractivity contribution < 1.29 is 4.79 Å². The third-order valence-electron chi connectivity index (χ3n) is 5.63. The van der Waals surface area contributed by atoms with Crippen LogP contribution in [-0.4, -0.2) is 55.4 Å². The second-order valence-corrected chi connectivity index (χ2v) is 8.45. The molecular formula is C19H25BrN6O. The van der Waals surface area contributed by atoms with E-state index in [1.165, 1.54) is 12.8 Å². The first kappa shape index (κ1) is 18.4. The lowest BCUT2D eigenvalue weighted by atomic mass is 10.1. The molecule has 0 bridgehead atoms. The summed E-state index contributed by atoms with van der Waals surface area (Å²) in [6.07, 6.45) is 4.57. The van der Waals surface area contributed by atoms with Gasteiger partial charge in [0.2, 0.25) is 0 Å². The van der Waals surface area contributed by atoms with Gasteiger partial charge in [-0.2, -0.15) is 0 Å². The molecular weight excluding hydrogens is 408 g/mol. The molecule has 1 saturated carbocycles. The first-order chi connectivity index (χ1) is 13.0. The molecule has 2 aliphatic rings. The zero-order valence-corrected chi connectivity index (χ0v) is 17.6. The fourth-order valence-corrected chi connectivity index (χ4v) is 4.24. The van der Waals surface area contributed by atoms with Gasteiger partial charge in [-0.25, -0.2) is 14.5 Å². The van der Waals surface area contributed by atoms with Crippen molar-refractivity contribution >= 4 is 22.0 Å². The molecule has 1 saturated heterocycles. The van der Waals surface area contributed by atoms with Crippen LogP contribution < -0.4 is 0 Å². The third kappa shape index (κ3) is 3.59. The molecule has 3 heterocycles. The lowest BCUT2D eigenvalue weighted by Crippen LogP contribution is -2.31. The van der Waals surface area contributed by atoms with E-state index in [1.54, 1.807) is 4.68 Å². The Labute approximate surface area is 167 Å². The monoisotopic (exact) mass is 432 g/mol.